The number of halogens is 2. The first-order valence-corrected chi connectivity index (χ1v) is 9.01. The highest BCUT2D eigenvalue weighted by Gasteiger charge is 2.43. The monoisotopic (exact) mass is 387 g/mol. The van der Waals surface area contributed by atoms with Crippen molar-refractivity contribution in [3.63, 3.8) is 0 Å². The number of anilines is 1. The summed E-state index contributed by atoms with van der Waals surface area (Å²) >= 11 is 12.4. The van der Waals surface area contributed by atoms with E-state index in [1.807, 2.05) is 41.3 Å². The molecule has 4 rings (SSSR count). The van der Waals surface area contributed by atoms with Crippen LogP contribution < -0.4 is 4.90 Å². The Labute approximate surface area is 160 Å². The van der Waals surface area contributed by atoms with Crippen LogP contribution in [0.5, 0.6) is 0 Å². The van der Waals surface area contributed by atoms with E-state index in [-0.39, 0.29) is 12.3 Å². The van der Waals surface area contributed by atoms with Gasteiger partial charge in [-0.05, 0) is 30.2 Å². The Hall–Kier alpha value is -2.37. The molecule has 7 heteroatoms. The van der Waals surface area contributed by atoms with Crippen molar-refractivity contribution < 1.29 is 9.59 Å². The quantitative estimate of drug-likeness (QED) is 0.758. The number of nitrogens with zero attached hydrogens (tertiary/aromatic N) is 3. The average Bonchev–Trinajstić information content (AvgIpc) is 3.04. The lowest BCUT2D eigenvalue weighted by Gasteiger charge is -2.28. The molecule has 0 aromatic heterocycles. The van der Waals surface area contributed by atoms with Crippen LogP contribution >= 0.6 is 23.2 Å². The molecule has 1 saturated heterocycles. The molecule has 132 valence electrons. The van der Waals surface area contributed by atoms with Crippen LogP contribution in [-0.4, -0.2) is 35.8 Å². The average molecular weight is 388 g/mol. The lowest BCUT2D eigenvalue weighted by molar-refractivity contribution is -0.138. The maximum absolute atomic E-state index is 12.9. The predicted octanol–water partition coefficient (Wildman–Crippen LogP) is 3.40. The normalized spacial score (nSPS) is 19.6. The number of carbonyl (C=O) groups is 2. The molecule has 2 aliphatic heterocycles. The first-order valence-electron chi connectivity index (χ1n) is 8.25. The van der Waals surface area contributed by atoms with Crippen molar-refractivity contribution in [2.45, 2.75) is 6.42 Å². The molecule has 2 aliphatic rings. The van der Waals surface area contributed by atoms with E-state index in [2.05, 4.69) is 4.99 Å². The molecule has 0 N–H and O–H groups in total. The molecule has 2 aromatic carbocycles. The summed E-state index contributed by atoms with van der Waals surface area (Å²) in [4.78, 5) is 33.1. The molecule has 0 radical (unpaired) electrons. The maximum Gasteiger partial charge on any atom is 0.261 e. The highest BCUT2D eigenvalue weighted by Crippen LogP contribution is 2.31. The fourth-order valence-corrected chi connectivity index (χ4v) is 3.75. The molecule has 0 bridgehead atoms. The summed E-state index contributed by atoms with van der Waals surface area (Å²) in [5.41, 5.74) is 1.50. The summed E-state index contributed by atoms with van der Waals surface area (Å²) < 4.78 is 0. The molecular weight excluding hydrogens is 373 g/mol. The molecule has 5 nitrogen and oxygen atoms in total. The molecule has 1 atom stereocenters. The lowest BCUT2D eigenvalue weighted by Crippen LogP contribution is -2.48. The third-order valence-corrected chi connectivity index (χ3v) is 5.32. The van der Waals surface area contributed by atoms with Crippen LogP contribution in [-0.2, 0) is 16.0 Å². The van der Waals surface area contributed by atoms with Gasteiger partial charge in [0.05, 0.1) is 10.7 Å². The number of hydrogen-bond donors (Lipinski definition) is 0. The topological polar surface area (TPSA) is 53.0 Å². The number of carbonyl (C=O) groups excluding carboxylic acids is 2. The van der Waals surface area contributed by atoms with E-state index in [0.717, 1.165) is 11.3 Å². The number of fused-ring (bicyclic) bond motifs is 1. The molecule has 26 heavy (non-hydrogen) atoms. The van der Waals surface area contributed by atoms with Crippen LogP contribution in [0.3, 0.4) is 0 Å². The standard InChI is InChI=1S/C19H15Cl2N3O2/c20-14-6-2-1-5-12(14)11-13-17(25)22-19-23(9-10-24(19)18(13)26)16-8-4-3-7-15(16)21/h1-8,13H,9-11H2. The van der Waals surface area contributed by atoms with E-state index in [9.17, 15) is 9.59 Å². The number of para-hydroxylation sites is 1. The van der Waals surface area contributed by atoms with Crippen LogP contribution in [0.2, 0.25) is 10.0 Å². The third kappa shape index (κ3) is 2.87. The van der Waals surface area contributed by atoms with Crippen LogP contribution in [0, 0.1) is 5.92 Å². The largest absolute Gasteiger partial charge is 0.308 e. The lowest BCUT2D eigenvalue weighted by atomic mass is 9.96. The first-order chi connectivity index (χ1) is 12.6. The minimum Gasteiger partial charge on any atom is -0.308 e. The summed E-state index contributed by atoms with van der Waals surface area (Å²) in [6.45, 7) is 1.01. The number of amides is 2. The second-order valence-corrected chi connectivity index (χ2v) is 7.01. The fraction of sp³-hybridized carbons (Fsp3) is 0.211. The SMILES string of the molecule is O=C1N=C2N(CCN2c2ccccc2Cl)C(=O)C1Cc1ccccc1Cl. The van der Waals surface area contributed by atoms with E-state index in [1.54, 1.807) is 17.0 Å². The first kappa shape index (κ1) is 17.1. The number of rotatable bonds is 3. The zero-order chi connectivity index (χ0) is 18.3. The van der Waals surface area contributed by atoms with Crippen molar-refractivity contribution in [1.82, 2.24) is 4.90 Å². The molecule has 2 heterocycles. The zero-order valence-electron chi connectivity index (χ0n) is 13.7. The van der Waals surface area contributed by atoms with Gasteiger partial charge in [-0.3, -0.25) is 14.5 Å². The molecule has 2 aromatic rings. The van der Waals surface area contributed by atoms with Crippen molar-refractivity contribution in [2.75, 3.05) is 18.0 Å². The Balaban J connectivity index is 1.65. The minimum absolute atomic E-state index is 0.241. The Kier molecular flexibility index (Phi) is 4.42. The van der Waals surface area contributed by atoms with Gasteiger partial charge in [-0.1, -0.05) is 53.5 Å². The van der Waals surface area contributed by atoms with Gasteiger partial charge in [0, 0.05) is 18.1 Å². The van der Waals surface area contributed by atoms with E-state index >= 15 is 0 Å². The highest BCUT2D eigenvalue weighted by atomic mass is 35.5. The number of aliphatic imine (C=N–C) groups is 1. The summed E-state index contributed by atoms with van der Waals surface area (Å²) in [6, 6.07) is 14.5. The highest BCUT2D eigenvalue weighted by molar-refractivity contribution is 6.34. The van der Waals surface area contributed by atoms with Crippen LogP contribution in [0.1, 0.15) is 5.56 Å². The second kappa shape index (κ2) is 6.74. The molecule has 1 unspecified atom stereocenters. The zero-order valence-corrected chi connectivity index (χ0v) is 15.2. The van der Waals surface area contributed by atoms with Crippen molar-refractivity contribution >= 4 is 46.7 Å². The number of hydrogen-bond acceptors (Lipinski definition) is 3. The van der Waals surface area contributed by atoms with E-state index in [4.69, 9.17) is 23.2 Å². The number of guanidine groups is 1. The second-order valence-electron chi connectivity index (χ2n) is 6.19. The van der Waals surface area contributed by atoms with Gasteiger partial charge in [0.2, 0.25) is 11.9 Å². The fourth-order valence-electron chi connectivity index (χ4n) is 3.30. The van der Waals surface area contributed by atoms with Gasteiger partial charge in [-0.2, -0.15) is 4.99 Å². The summed E-state index contributed by atoms with van der Waals surface area (Å²) in [7, 11) is 0. The molecule has 1 fully saturated rings. The Morgan fingerprint density at radius 1 is 0.923 bits per heavy atom. The molecule has 0 aliphatic carbocycles. The van der Waals surface area contributed by atoms with Crippen molar-refractivity contribution in [2.24, 2.45) is 10.9 Å². The van der Waals surface area contributed by atoms with Crippen molar-refractivity contribution in [3.8, 4) is 0 Å². The van der Waals surface area contributed by atoms with Gasteiger partial charge in [0.15, 0.2) is 0 Å². The van der Waals surface area contributed by atoms with Gasteiger partial charge in [-0.15, -0.1) is 0 Å². The van der Waals surface area contributed by atoms with Crippen LogP contribution in [0.25, 0.3) is 0 Å². The van der Waals surface area contributed by atoms with Gasteiger partial charge < -0.3 is 4.90 Å². The van der Waals surface area contributed by atoms with Crippen LogP contribution in [0.15, 0.2) is 53.5 Å². The van der Waals surface area contributed by atoms with Crippen LogP contribution in [0.4, 0.5) is 5.69 Å². The van der Waals surface area contributed by atoms with Gasteiger partial charge in [0.1, 0.15) is 5.92 Å². The predicted molar refractivity (Wildman–Crippen MR) is 102 cm³/mol. The Morgan fingerprint density at radius 2 is 1.58 bits per heavy atom. The van der Waals surface area contributed by atoms with E-state index in [1.165, 1.54) is 0 Å². The molecule has 0 spiro atoms. The molecular formula is C19H15Cl2N3O2. The smallest absolute Gasteiger partial charge is 0.261 e. The van der Waals surface area contributed by atoms with Gasteiger partial charge >= 0.3 is 0 Å². The minimum atomic E-state index is -0.843. The van der Waals surface area contributed by atoms with E-state index in [0.29, 0.717) is 29.1 Å². The van der Waals surface area contributed by atoms with Crippen molar-refractivity contribution in [1.29, 1.82) is 0 Å². The summed E-state index contributed by atoms with van der Waals surface area (Å²) in [6.07, 6.45) is 0.247. The maximum atomic E-state index is 12.9. The molecule has 0 saturated carbocycles. The Morgan fingerprint density at radius 3 is 2.31 bits per heavy atom. The third-order valence-electron chi connectivity index (χ3n) is 4.63. The number of benzene rings is 2. The van der Waals surface area contributed by atoms with E-state index < -0.39 is 11.8 Å². The van der Waals surface area contributed by atoms with Gasteiger partial charge in [-0.25, -0.2) is 0 Å². The molecule has 2 amide bonds. The Bertz CT molecular complexity index is 929. The summed E-state index contributed by atoms with van der Waals surface area (Å²) in [5, 5.41) is 1.09. The van der Waals surface area contributed by atoms with Crippen molar-refractivity contribution in [3.05, 3.63) is 64.1 Å². The van der Waals surface area contributed by atoms with Gasteiger partial charge in [0.25, 0.3) is 5.91 Å². The summed E-state index contributed by atoms with van der Waals surface area (Å²) in [5.74, 6) is -1.18.